The number of hydroxylamine groups is 2. The van der Waals surface area contributed by atoms with Crippen LogP contribution in [0.25, 0.3) is 0 Å². The molecule has 0 amide bonds. The van der Waals surface area contributed by atoms with Gasteiger partial charge in [-0.15, -0.1) is 0 Å². The molecule has 0 aromatic heterocycles. The van der Waals surface area contributed by atoms with Crippen molar-refractivity contribution in [3.8, 4) is 0 Å². The van der Waals surface area contributed by atoms with Crippen LogP contribution in [0.15, 0.2) is 0 Å². The highest BCUT2D eigenvalue weighted by Gasteiger charge is 2.41. The number of fused-ring (bicyclic) bond motifs is 1. The molecule has 0 aromatic rings. The summed E-state index contributed by atoms with van der Waals surface area (Å²) in [7, 11) is 0. The molecule has 1 N–H and O–H groups in total. The summed E-state index contributed by atoms with van der Waals surface area (Å²) in [5, 5.41) is 21.1. The van der Waals surface area contributed by atoms with Gasteiger partial charge in [0.1, 0.15) is 0 Å². The van der Waals surface area contributed by atoms with Gasteiger partial charge in [-0.25, -0.2) is 0 Å². The zero-order valence-corrected chi connectivity index (χ0v) is 13.4. The first-order chi connectivity index (χ1) is 10.1. The fourth-order valence-corrected chi connectivity index (χ4v) is 4.72. The van der Waals surface area contributed by atoms with Crippen LogP contribution in [0, 0.1) is 17.0 Å². The maximum absolute atomic E-state index is 11.4. The molecule has 3 rings (SSSR count). The Labute approximate surface area is 128 Å². The van der Waals surface area contributed by atoms with Gasteiger partial charge in [-0.05, 0) is 51.0 Å². The first kappa shape index (κ1) is 15.7. The first-order valence-electron chi connectivity index (χ1n) is 8.71. The molecule has 5 unspecified atom stereocenters. The molecule has 122 valence electrons. The topological polar surface area (TPSA) is 53.0 Å². The predicted octanol–water partition coefficient (Wildman–Crippen LogP) is 2.50. The lowest BCUT2D eigenvalue weighted by molar-refractivity contribution is -0.112. The van der Waals surface area contributed by atoms with E-state index in [2.05, 4.69) is 23.6 Å². The molecule has 21 heavy (non-hydrogen) atoms. The quantitative estimate of drug-likeness (QED) is 0.811. The Balaban J connectivity index is 1.67. The Bertz CT molecular complexity index is 352. The van der Waals surface area contributed by atoms with Crippen molar-refractivity contribution in [3.05, 3.63) is 5.21 Å². The molecule has 0 aromatic carbocycles. The molecule has 3 aliphatic rings. The molecule has 5 heteroatoms. The van der Waals surface area contributed by atoms with Gasteiger partial charge in [0.25, 0.3) is 0 Å². The Kier molecular flexibility index (Phi) is 4.86. The molecule has 0 spiro atoms. The van der Waals surface area contributed by atoms with E-state index in [4.69, 9.17) is 0 Å². The van der Waals surface area contributed by atoms with E-state index in [1.165, 1.54) is 25.8 Å². The predicted molar refractivity (Wildman–Crippen MR) is 82.7 cm³/mol. The minimum Gasteiger partial charge on any atom is -0.762 e. The van der Waals surface area contributed by atoms with Crippen molar-refractivity contribution in [1.29, 1.82) is 0 Å². The van der Waals surface area contributed by atoms with Crippen molar-refractivity contribution in [1.82, 2.24) is 15.0 Å². The maximum atomic E-state index is 11.4. The van der Waals surface area contributed by atoms with Crippen molar-refractivity contribution in [2.75, 3.05) is 19.6 Å². The molecule has 2 aliphatic heterocycles. The lowest BCUT2D eigenvalue weighted by Gasteiger charge is -2.44. The molecule has 5 nitrogen and oxygen atoms in total. The zero-order valence-electron chi connectivity index (χ0n) is 13.4. The Morgan fingerprint density at radius 3 is 2.71 bits per heavy atom. The largest absolute Gasteiger partial charge is 0.762 e. The number of nitrogens with zero attached hydrogens (tertiary/aromatic N) is 3. The Morgan fingerprint density at radius 1 is 1.19 bits per heavy atom. The van der Waals surface area contributed by atoms with E-state index in [1.807, 2.05) is 0 Å². The van der Waals surface area contributed by atoms with Crippen LogP contribution in [0.5, 0.6) is 0 Å². The first-order valence-corrected chi connectivity index (χ1v) is 8.71. The molecule has 5 atom stereocenters. The zero-order chi connectivity index (χ0) is 15.0. The average Bonchev–Trinajstić information content (AvgIpc) is 2.75. The molecule has 3 fully saturated rings. The van der Waals surface area contributed by atoms with E-state index in [1.54, 1.807) is 0 Å². The fourth-order valence-electron chi connectivity index (χ4n) is 4.72. The molecular formula is C16H30N3O2-. The minimum absolute atomic E-state index is 0.194. The summed E-state index contributed by atoms with van der Waals surface area (Å²) in [6.07, 6.45) is 7.32. The van der Waals surface area contributed by atoms with Crippen LogP contribution >= 0.6 is 0 Å². The monoisotopic (exact) mass is 296 g/mol. The summed E-state index contributed by atoms with van der Waals surface area (Å²) in [4.78, 5) is 5.23. The van der Waals surface area contributed by atoms with Crippen molar-refractivity contribution in [2.45, 2.75) is 70.6 Å². The van der Waals surface area contributed by atoms with Gasteiger partial charge in [-0.1, -0.05) is 19.8 Å². The molecule has 0 radical (unpaired) electrons. The van der Waals surface area contributed by atoms with Gasteiger partial charge in [0.15, 0.2) is 0 Å². The highest BCUT2D eigenvalue weighted by atomic mass is 16.8. The molecule has 2 heterocycles. The summed E-state index contributed by atoms with van der Waals surface area (Å²) in [5.74, 6) is 1.12. The van der Waals surface area contributed by atoms with E-state index in [0.717, 1.165) is 38.3 Å². The number of hydrogen-bond acceptors (Lipinski definition) is 5. The second kappa shape index (κ2) is 6.50. The number of rotatable bonds is 3. The van der Waals surface area contributed by atoms with Crippen LogP contribution in [-0.2, 0) is 0 Å². The summed E-state index contributed by atoms with van der Waals surface area (Å²) >= 11 is 0. The van der Waals surface area contributed by atoms with Crippen LogP contribution in [-0.4, -0.2) is 58.1 Å². The SMILES string of the molecule is CC1CCN2CC(C)N(CC3CCCCC3N([O-])O)C2C1. The maximum Gasteiger partial charge on any atom is 0.0628 e. The van der Waals surface area contributed by atoms with Gasteiger partial charge in [0, 0.05) is 25.2 Å². The number of piperidine rings is 1. The Hall–Kier alpha value is -0.200. The van der Waals surface area contributed by atoms with Gasteiger partial charge in [-0.2, -0.15) is 0 Å². The molecule has 2 saturated heterocycles. The molecular weight excluding hydrogens is 266 g/mol. The van der Waals surface area contributed by atoms with Gasteiger partial charge in [-0.3, -0.25) is 15.0 Å². The van der Waals surface area contributed by atoms with Gasteiger partial charge in [0.05, 0.1) is 6.17 Å². The fraction of sp³-hybridized carbons (Fsp3) is 1.00. The minimum atomic E-state index is -0.194. The standard InChI is InChI=1S/C16H30N3O2/c1-12-7-8-17-10-13(2)18(16(17)9-12)11-14-5-3-4-6-15(14)19(20)21/h12-16,20H,3-11H2,1-2H3/q-1. The molecule has 1 saturated carbocycles. The van der Waals surface area contributed by atoms with Gasteiger partial charge >= 0.3 is 0 Å². The van der Waals surface area contributed by atoms with Crippen LogP contribution < -0.4 is 0 Å². The lowest BCUT2D eigenvalue weighted by Crippen LogP contribution is -2.49. The van der Waals surface area contributed by atoms with Gasteiger partial charge < -0.3 is 10.4 Å². The number of hydrogen-bond donors (Lipinski definition) is 1. The highest BCUT2D eigenvalue weighted by Crippen LogP contribution is 2.35. The normalized spacial score (nSPS) is 42.4. The van der Waals surface area contributed by atoms with Gasteiger partial charge in [0.2, 0.25) is 0 Å². The van der Waals surface area contributed by atoms with E-state index in [0.29, 0.717) is 18.1 Å². The van der Waals surface area contributed by atoms with Crippen LogP contribution in [0.4, 0.5) is 0 Å². The van der Waals surface area contributed by atoms with Crippen molar-refractivity contribution < 1.29 is 5.21 Å². The molecule has 0 bridgehead atoms. The van der Waals surface area contributed by atoms with Crippen molar-refractivity contribution in [3.63, 3.8) is 0 Å². The Morgan fingerprint density at radius 2 is 1.95 bits per heavy atom. The van der Waals surface area contributed by atoms with E-state index in [9.17, 15) is 10.4 Å². The van der Waals surface area contributed by atoms with E-state index in [-0.39, 0.29) is 11.3 Å². The smallest absolute Gasteiger partial charge is 0.0628 e. The molecule has 1 aliphatic carbocycles. The summed E-state index contributed by atoms with van der Waals surface area (Å²) in [5.41, 5.74) is 0. The summed E-state index contributed by atoms with van der Waals surface area (Å²) in [6.45, 7) is 8.02. The average molecular weight is 296 g/mol. The highest BCUT2D eigenvalue weighted by molar-refractivity contribution is 4.94. The van der Waals surface area contributed by atoms with E-state index >= 15 is 0 Å². The third-order valence-electron chi connectivity index (χ3n) is 5.99. The van der Waals surface area contributed by atoms with Crippen molar-refractivity contribution in [2.24, 2.45) is 11.8 Å². The second-order valence-electron chi connectivity index (χ2n) is 7.57. The summed E-state index contributed by atoms with van der Waals surface area (Å²) < 4.78 is 0. The lowest BCUT2D eigenvalue weighted by atomic mass is 9.84. The van der Waals surface area contributed by atoms with Crippen LogP contribution in [0.1, 0.15) is 52.4 Å². The second-order valence-corrected chi connectivity index (χ2v) is 7.57. The third kappa shape index (κ3) is 3.27. The van der Waals surface area contributed by atoms with Crippen molar-refractivity contribution >= 4 is 0 Å². The van der Waals surface area contributed by atoms with Crippen LogP contribution in [0.2, 0.25) is 0 Å². The third-order valence-corrected chi connectivity index (χ3v) is 5.99. The van der Waals surface area contributed by atoms with Crippen LogP contribution in [0.3, 0.4) is 0 Å². The summed E-state index contributed by atoms with van der Waals surface area (Å²) in [6, 6.07) is 0.377. The van der Waals surface area contributed by atoms with E-state index < -0.39 is 0 Å².